The van der Waals surface area contributed by atoms with E-state index in [-0.39, 0.29) is 19.6 Å². The van der Waals surface area contributed by atoms with Crippen LogP contribution < -0.4 is 0 Å². The Bertz CT molecular complexity index is 692. The average Bonchev–Trinajstić information content (AvgIpc) is 3.08. The average molecular weight is 675 g/mol. The lowest BCUT2D eigenvalue weighted by Crippen LogP contribution is -2.59. The van der Waals surface area contributed by atoms with Gasteiger partial charge in [0.15, 0.2) is 6.29 Å². The van der Waals surface area contributed by atoms with Gasteiger partial charge in [-0.25, -0.2) is 0 Å². The minimum absolute atomic E-state index is 0.117. The summed E-state index contributed by atoms with van der Waals surface area (Å²) in [6.45, 7) is 4.02. The standard InChI is InChI=1S/C38H74O9/c1-3-5-6-7-8-9-10-11-12-13-14-15-16-17-18-19-20-21-22-23-24-25-26-27-28-44-30-32(46-34(40)4-2)31-45-38-37(43)36(42)35(41)33(29-39)47-38/h32-33,35-39,41-43H,3-31H2,1-2H3. The fourth-order valence-electron chi connectivity index (χ4n) is 6.17. The van der Waals surface area contributed by atoms with E-state index in [1.165, 1.54) is 141 Å². The maximum absolute atomic E-state index is 11.9. The third-order valence-corrected chi connectivity index (χ3v) is 9.33. The summed E-state index contributed by atoms with van der Waals surface area (Å²) >= 11 is 0. The van der Waals surface area contributed by atoms with E-state index in [9.17, 15) is 25.2 Å². The summed E-state index contributed by atoms with van der Waals surface area (Å²) in [6.07, 6.45) is 25.3. The van der Waals surface area contributed by atoms with Gasteiger partial charge in [0.2, 0.25) is 0 Å². The second-order valence-corrected chi connectivity index (χ2v) is 13.7. The summed E-state index contributed by atoms with van der Waals surface area (Å²) in [5.41, 5.74) is 0. The van der Waals surface area contributed by atoms with Crippen LogP contribution in [0.3, 0.4) is 0 Å². The van der Waals surface area contributed by atoms with E-state index in [0.29, 0.717) is 6.61 Å². The van der Waals surface area contributed by atoms with Crippen molar-refractivity contribution in [3.05, 3.63) is 0 Å². The second-order valence-electron chi connectivity index (χ2n) is 13.7. The smallest absolute Gasteiger partial charge is 0.305 e. The normalized spacial score (nSPS) is 22.0. The van der Waals surface area contributed by atoms with Crippen molar-refractivity contribution in [1.29, 1.82) is 0 Å². The largest absolute Gasteiger partial charge is 0.457 e. The van der Waals surface area contributed by atoms with E-state index in [1.807, 2.05) is 0 Å². The van der Waals surface area contributed by atoms with Crippen LogP contribution in [-0.4, -0.2) is 89.6 Å². The topological polar surface area (TPSA) is 135 Å². The summed E-state index contributed by atoms with van der Waals surface area (Å²) < 4.78 is 22.1. The van der Waals surface area contributed by atoms with E-state index < -0.39 is 49.4 Å². The molecule has 4 N–H and O–H groups in total. The maximum Gasteiger partial charge on any atom is 0.305 e. The van der Waals surface area contributed by atoms with Gasteiger partial charge in [0.25, 0.3) is 0 Å². The molecule has 0 spiro atoms. The Balaban J connectivity index is 1.93. The van der Waals surface area contributed by atoms with E-state index in [1.54, 1.807) is 6.92 Å². The van der Waals surface area contributed by atoms with Crippen molar-refractivity contribution >= 4 is 5.97 Å². The van der Waals surface area contributed by atoms with Crippen LogP contribution in [0, 0.1) is 0 Å². The molecule has 1 rings (SSSR count). The number of aliphatic hydroxyl groups excluding tert-OH is 4. The Hall–Kier alpha value is -0.810. The van der Waals surface area contributed by atoms with Crippen molar-refractivity contribution in [3.8, 4) is 0 Å². The molecule has 0 radical (unpaired) electrons. The molecule has 1 fully saturated rings. The van der Waals surface area contributed by atoms with Crippen molar-refractivity contribution in [3.63, 3.8) is 0 Å². The first-order valence-corrected chi connectivity index (χ1v) is 19.6. The summed E-state index contributed by atoms with van der Waals surface area (Å²) in [4.78, 5) is 11.9. The number of esters is 1. The molecule has 47 heavy (non-hydrogen) atoms. The molecule has 6 atom stereocenters. The van der Waals surface area contributed by atoms with E-state index in [4.69, 9.17) is 18.9 Å². The second kappa shape index (κ2) is 31.2. The molecule has 0 bridgehead atoms. The molecule has 1 saturated heterocycles. The number of hydrogen-bond donors (Lipinski definition) is 4. The van der Waals surface area contributed by atoms with Crippen LogP contribution >= 0.6 is 0 Å². The zero-order chi connectivity index (χ0) is 34.4. The van der Waals surface area contributed by atoms with Crippen molar-refractivity contribution in [2.45, 2.75) is 211 Å². The highest BCUT2D eigenvalue weighted by molar-refractivity contribution is 5.69. The van der Waals surface area contributed by atoms with Gasteiger partial charge in [-0.15, -0.1) is 0 Å². The molecular weight excluding hydrogens is 600 g/mol. The quantitative estimate of drug-likeness (QED) is 0.0412. The van der Waals surface area contributed by atoms with Crippen LogP contribution in [0.15, 0.2) is 0 Å². The molecule has 0 aromatic carbocycles. The van der Waals surface area contributed by atoms with Crippen LogP contribution in [0.1, 0.15) is 174 Å². The Morgan fingerprint density at radius 3 is 1.43 bits per heavy atom. The zero-order valence-corrected chi connectivity index (χ0v) is 30.3. The number of hydrogen-bond acceptors (Lipinski definition) is 9. The van der Waals surface area contributed by atoms with Gasteiger partial charge in [-0.2, -0.15) is 0 Å². The Labute approximate surface area is 287 Å². The lowest BCUT2D eigenvalue weighted by molar-refractivity contribution is -0.305. The molecular formula is C38H74O9. The highest BCUT2D eigenvalue weighted by Crippen LogP contribution is 2.22. The molecule has 9 heteroatoms. The van der Waals surface area contributed by atoms with Gasteiger partial charge in [0.1, 0.15) is 30.5 Å². The SMILES string of the molecule is CCCCCCCCCCCCCCCCCCCCCCCCCCOCC(COC1OC(CO)C(O)C(O)C1O)OC(=O)CC. The fourth-order valence-corrected chi connectivity index (χ4v) is 6.17. The van der Waals surface area contributed by atoms with Gasteiger partial charge >= 0.3 is 5.97 Å². The lowest BCUT2D eigenvalue weighted by atomic mass is 9.99. The van der Waals surface area contributed by atoms with Gasteiger partial charge in [-0.05, 0) is 6.42 Å². The summed E-state index contributed by atoms with van der Waals surface area (Å²) in [5, 5.41) is 39.4. The molecule has 0 aromatic rings. The maximum atomic E-state index is 11.9. The van der Waals surface area contributed by atoms with Crippen LogP contribution in [0.4, 0.5) is 0 Å². The van der Waals surface area contributed by atoms with E-state index >= 15 is 0 Å². The Kier molecular flexibility index (Phi) is 29.3. The lowest BCUT2D eigenvalue weighted by Gasteiger charge is -2.39. The molecule has 1 heterocycles. The van der Waals surface area contributed by atoms with Crippen LogP contribution in [0.5, 0.6) is 0 Å². The first kappa shape index (κ1) is 44.2. The van der Waals surface area contributed by atoms with Gasteiger partial charge in [0, 0.05) is 13.0 Å². The molecule has 9 nitrogen and oxygen atoms in total. The number of ether oxygens (including phenoxy) is 4. The molecule has 0 aliphatic carbocycles. The molecule has 0 amide bonds. The zero-order valence-electron chi connectivity index (χ0n) is 30.3. The predicted octanol–water partition coefficient (Wildman–Crippen LogP) is 7.52. The van der Waals surface area contributed by atoms with Crippen molar-refractivity contribution in [1.82, 2.24) is 0 Å². The van der Waals surface area contributed by atoms with E-state index in [2.05, 4.69) is 6.92 Å². The molecule has 6 unspecified atom stereocenters. The summed E-state index contributed by atoms with van der Waals surface area (Å²) in [6, 6.07) is 0. The van der Waals surface area contributed by atoms with Crippen LogP contribution in [0.25, 0.3) is 0 Å². The third-order valence-electron chi connectivity index (χ3n) is 9.33. The van der Waals surface area contributed by atoms with Crippen LogP contribution in [0.2, 0.25) is 0 Å². The third kappa shape index (κ3) is 23.3. The van der Waals surface area contributed by atoms with Crippen LogP contribution in [-0.2, 0) is 23.7 Å². The first-order valence-electron chi connectivity index (χ1n) is 19.6. The molecule has 280 valence electrons. The molecule has 1 aliphatic heterocycles. The number of carbonyl (C=O) groups excluding carboxylic acids is 1. The Morgan fingerprint density at radius 2 is 1.02 bits per heavy atom. The number of unbranched alkanes of at least 4 members (excludes halogenated alkanes) is 23. The molecule has 0 saturated carbocycles. The minimum atomic E-state index is -1.53. The van der Waals surface area contributed by atoms with Gasteiger partial charge in [0.05, 0.1) is 19.8 Å². The van der Waals surface area contributed by atoms with Crippen molar-refractivity contribution in [2.75, 3.05) is 26.4 Å². The highest BCUT2D eigenvalue weighted by atomic mass is 16.7. The highest BCUT2D eigenvalue weighted by Gasteiger charge is 2.44. The van der Waals surface area contributed by atoms with Gasteiger partial charge < -0.3 is 39.4 Å². The molecule has 1 aliphatic rings. The monoisotopic (exact) mass is 675 g/mol. The van der Waals surface area contributed by atoms with Crippen molar-refractivity contribution in [2.24, 2.45) is 0 Å². The van der Waals surface area contributed by atoms with Gasteiger partial charge in [-0.1, -0.05) is 162 Å². The van der Waals surface area contributed by atoms with Crippen molar-refractivity contribution < 1.29 is 44.2 Å². The summed E-state index contributed by atoms with van der Waals surface area (Å²) in [5.74, 6) is -0.397. The Morgan fingerprint density at radius 1 is 0.596 bits per heavy atom. The van der Waals surface area contributed by atoms with E-state index in [0.717, 1.165) is 12.8 Å². The van der Waals surface area contributed by atoms with Gasteiger partial charge in [-0.3, -0.25) is 4.79 Å². The number of rotatable bonds is 33. The minimum Gasteiger partial charge on any atom is -0.457 e. The summed E-state index contributed by atoms with van der Waals surface area (Å²) in [7, 11) is 0. The predicted molar refractivity (Wildman–Crippen MR) is 187 cm³/mol. The molecule has 0 aromatic heterocycles. The number of carbonyl (C=O) groups is 1. The number of aliphatic hydroxyl groups is 4. The fraction of sp³-hybridized carbons (Fsp3) is 0.974. The first-order chi connectivity index (χ1) is 22.9.